The zero-order chi connectivity index (χ0) is 13.8. The van der Waals surface area contributed by atoms with Gasteiger partial charge in [-0.05, 0) is 31.2 Å². The first-order valence-corrected chi connectivity index (χ1v) is 6.16. The van der Waals surface area contributed by atoms with E-state index in [2.05, 4.69) is 37.6 Å². The minimum atomic E-state index is 0.618. The SMILES string of the molecule is CNc1nc(C)cc(Nc2ccc(N(C)C)cc2)n1. The van der Waals surface area contributed by atoms with Crippen LogP contribution in [-0.2, 0) is 0 Å². The van der Waals surface area contributed by atoms with Crippen molar-refractivity contribution < 1.29 is 0 Å². The standard InChI is InChI=1S/C14H19N5/c1-10-9-13(18-14(15-2)16-10)17-11-5-7-12(8-6-11)19(3)4/h5-9H,1-4H3,(H2,15,16,17,18). The first-order valence-electron chi connectivity index (χ1n) is 6.16. The van der Waals surface area contributed by atoms with E-state index in [9.17, 15) is 0 Å². The molecule has 0 spiro atoms. The van der Waals surface area contributed by atoms with Gasteiger partial charge in [0.1, 0.15) is 5.82 Å². The van der Waals surface area contributed by atoms with Crippen LogP contribution >= 0.6 is 0 Å². The number of nitrogens with zero attached hydrogens (tertiary/aromatic N) is 3. The lowest BCUT2D eigenvalue weighted by Crippen LogP contribution is -2.08. The van der Waals surface area contributed by atoms with Gasteiger partial charge in [0.15, 0.2) is 0 Å². The normalized spacial score (nSPS) is 10.1. The molecule has 2 aromatic rings. The van der Waals surface area contributed by atoms with Crippen LogP contribution in [0.5, 0.6) is 0 Å². The maximum Gasteiger partial charge on any atom is 0.224 e. The Hall–Kier alpha value is -2.30. The Kier molecular flexibility index (Phi) is 3.85. The van der Waals surface area contributed by atoms with Crippen molar-refractivity contribution in [2.24, 2.45) is 0 Å². The molecular weight excluding hydrogens is 238 g/mol. The van der Waals surface area contributed by atoms with Gasteiger partial charge in [0.2, 0.25) is 5.95 Å². The number of nitrogens with one attached hydrogen (secondary N) is 2. The van der Waals surface area contributed by atoms with Crippen LogP contribution in [0.3, 0.4) is 0 Å². The first kappa shape index (κ1) is 13.1. The average Bonchev–Trinajstić information content (AvgIpc) is 2.38. The molecule has 0 saturated heterocycles. The van der Waals surface area contributed by atoms with Crippen LogP contribution in [0.25, 0.3) is 0 Å². The zero-order valence-electron chi connectivity index (χ0n) is 11.7. The minimum Gasteiger partial charge on any atom is -0.378 e. The second-order valence-electron chi connectivity index (χ2n) is 4.53. The van der Waals surface area contributed by atoms with Gasteiger partial charge in [-0.25, -0.2) is 4.98 Å². The Morgan fingerprint density at radius 1 is 1.05 bits per heavy atom. The summed E-state index contributed by atoms with van der Waals surface area (Å²) in [5, 5.41) is 6.23. The molecule has 0 radical (unpaired) electrons. The van der Waals surface area contributed by atoms with Gasteiger partial charge in [-0.2, -0.15) is 4.98 Å². The molecule has 0 saturated carbocycles. The summed E-state index contributed by atoms with van der Waals surface area (Å²) in [7, 11) is 5.86. The van der Waals surface area contributed by atoms with E-state index in [1.165, 1.54) is 5.69 Å². The minimum absolute atomic E-state index is 0.618. The van der Waals surface area contributed by atoms with Crippen LogP contribution < -0.4 is 15.5 Å². The Balaban J connectivity index is 2.18. The highest BCUT2D eigenvalue weighted by Gasteiger charge is 2.02. The third kappa shape index (κ3) is 3.34. The highest BCUT2D eigenvalue weighted by atomic mass is 15.1. The number of aryl methyl sites for hydroxylation is 1. The van der Waals surface area contributed by atoms with Gasteiger partial charge in [-0.15, -0.1) is 0 Å². The summed E-state index contributed by atoms with van der Waals surface area (Å²) in [5.74, 6) is 1.40. The maximum atomic E-state index is 4.36. The predicted octanol–water partition coefficient (Wildman–Crippen LogP) is 2.64. The van der Waals surface area contributed by atoms with Crippen LogP contribution in [-0.4, -0.2) is 31.1 Å². The van der Waals surface area contributed by atoms with Crippen molar-refractivity contribution in [3.05, 3.63) is 36.0 Å². The predicted molar refractivity (Wildman–Crippen MR) is 80.4 cm³/mol. The largest absolute Gasteiger partial charge is 0.378 e. The quantitative estimate of drug-likeness (QED) is 0.882. The van der Waals surface area contributed by atoms with Crippen molar-refractivity contribution in [1.82, 2.24) is 9.97 Å². The Bertz CT molecular complexity index is 548. The Morgan fingerprint density at radius 2 is 1.74 bits per heavy atom. The number of rotatable bonds is 4. The van der Waals surface area contributed by atoms with E-state index in [1.54, 1.807) is 0 Å². The lowest BCUT2D eigenvalue weighted by Gasteiger charge is -2.13. The van der Waals surface area contributed by atoms with Crippen LogP contribution in [0.4, 0.5) is 23.1 Å². The van der Waals surface area contributed by atoms with Crippen molar-refractivity contribution in [3.8, 4) is 0 Å². The smallest absolute Gasteiger partial charge is 0.224 e. The van der Waals surface area contributed by atoms with E-state index in [0.717, 1.165) is 17.2 Å². The highest BCUT2D eigenvalue weighted by Crippen LogP contribution is 2.19. The van der Waals surface area contributed by atoms with Crippen LogP contribution in [0.15, 0.2) is 30.3 Å². The Labute approximate surface area is 113 Å². The molecule has 0 bridgehead atoms. The second-order valence-corrected chi connectivity index (χ2v) is 4.53. The van der Waals surface area contributed by atoms with Gasteiger partial charge in [-0.1, -0.05) is 0 Å². The number of anilines is 4. The fraction of sp³-hybridized carbons (Fsp3) is 0.286. The molecule has 1 heterocycles. The number of hydrogen-bond donors (Lipinski definition) is 2. The molecule has 0 aliphatic rings. The van der Waals surface area contributed by atoms with Gasteiger partial charge in [0, 0.05) is 44.3 Å². The highest BCUT2D eigenvalue weighted by molar-refractivity contribution is 5.61. The van der Waals surface area contributed by atoms with Crippen molar-refractivity contribution in [3.63, 3.8) is 0 Å². The molecule has 0 atom stereocenters. The van der Waals surface area contributed by atoms with Gasteiger partial charge < -0.3 is 15.5 Å². The van der Waals surface area contributed by atoms with Gasteiger partial charge in [0.05, 0.1) is 0 Å². The monoisotopic (exact) mass is 257 g/mol. The molecule has 0 aliphatic carbocycles. The average molecular weight is 257 g/mol. The fourth-order valence-electron chi connectivity index (χ4n) is 1.74. The number of benzene rings is 1. The molecule has 5 heteroatoms. The molecule has 5 nitrogen and oxygen atoms in total. The van der Waals surface area contributed by atoms with E-state index in [4.69, 9.17) is 0 Å². The molecule has 1 aromatic carbocycles. The molecule has 0 fully saturated rings. The third-order valence-corrected chi connectivity index (χ3v) is 2.73. The van der Waals surface area contributed by atoms with Crippen molar-refractivity contribution >= 4 is 23.1 Å². The molecule has 2 rings (SSSR count). The van der Waals surface area contributed by atoms with E-state index in [0.29, 0.717) is 5.95 Å². The third-order valence-electron chi connectivity index (χ3n) is 2.73. The maximum absolute atomic E-state index is 4.36. The molecule has 2 N–H and O–H groups in total. The van der Waals surface area contributed by atoms with Gasteiger partial charge in [-0.3, -0.25) is 0 Å². The fourth-order valence-corrected chi connectivity index (χ4v) is 1.74. The summed E-state index contributed by atoms with van der Waals surface area (Å²) in [5.41, 5.74) is 3.10. The molecule has 0 amide bonds. The summed E-state index contributed by atoms with van der Waals surface area (Å²) in [6.07, 6.45) is 0. The van der Waals surface area contributed by atoms with Crippen molar-refractivity contribution in [2.75, 3.05) is 36.7 Å². The van der Waals surface area contributed by atoms with E-state index < -0.39 is 0 Å². The number of hydrogen-bond acceptors (Lipinski definition) is 5. The van der Waals surface area contributed by atoms with Gasteiger partial charge >= 0.3 is 0 Å². The Morgan fingerprint density at radius 3 is 2.32 bits per heavy atom. The lowest BCUT2D eigenvalue weighted by atomic mass is 10.2. The summed E-state index contributed by atoms with van der Waals surface area (Å²) in [6, 6.07) is 10.1. The zero-order valence-corrected chi connectivity index (χ0v) is 11.7. The van der Waals surface area contributed by atoms with E-state index in [-0.39, 0.29) is 0 Å². The summed E-state index contributed by atoms with van der Waals surface area (Å²) in [4.78, 5) is 10.7. The molecule has 0 unspecified atom stereocenters. The molecular formula is C14H19N5. The van der Waals surface area contributed by atoms with Crippen LogP contribution in [0.2, 0.25) is 0 Å². The van der Waals surface area contributed by atoms with E-state index >= 15 is 0 Å². The van der Waals surface area contributed by atoms with Crippen LogP contribution in [0.1, 0.15) is 5.69 Å². The van der Waals surface area contributed by atoms with Crippen LogP contribution in [0, 0.1) is 6.92 Å². The molecule has 1 aromatic heterocycles. The number of aromatic nitrogens is 2. The molecule has 0 aliphatic heterocycles. The van der Waals surface area contributed by atoms with Crippen molar-refractivity contribution in [1.29, 1.82) is 0 Å². The lowest BCUT2D eigenvalue weighted by molar-refractivity contribution is 1.10. The summed E-state index contributed by atoms with van der Waals surface area (Å²) >= 11 is 0. The molecule has 19 heavy (non-hydrogen) atoms. The topological polar surface area (TPSA) is 53.1 Å². The van der Waals surface area contributed by atoms with E-state index in [1.807, 2.05) is 46.3 Å². The van der Waals surface area contributed by atoms with Crippen molar-refractivity contribution in [2.45, 2.75) is 6.92 Å². The van der Waals surface area contributed by atoms with Gasteiger partial charge in [0.25, 0.3) is 0 Å². The second kappa shape index (κ2) is 5.56. The molecule has 100 valence electrons. The first-order chi connectivity index (χ1) is 9.08. The summed E-state index contributed by atoms with van der Waals surface area (Å²) in [6.45, 7) is 1.95. The summed E-state index contributed by atoms with van der Waals surface area (Å²) < 4.78 is 0.